The van der Waals surface area contributed by atoms with Crippen LogP contribution in [-0.4, -0.2) is 33.6 Å². The fourth-order valence-electron chi connectivity index (χ4n) is 2.87. The van der Waals surface area contributed by atoms with E-state index in [1.54, 1.807) is 18.5 Å². The van der Waals surface area contributed by atoms with Crippen molar-refractivity contribution in [2.75, 3.05) is 18.5 Å². The summed E-state index contributed by atoms with van der Waals surface area (Å²) in [6.07, 6.45) is 5.25. The van der Waals surface area contributed by atoms with E-state index in [2.05, 4.69) is 41.6 Å². The average Bonchev–Trinajstić information content (AvgIpc) is 3.07. The summed E-state index contributed by atoms with van der Waals surface area (Å²) in [7, 11) is 0. The number of aliphatic hydroxyl groups is 1. The first kappa shape index (κ1) is 17.0. The van der Waals surface area contributed by atoms with E-state index in [0.29, 0.717) is 12.1 Å². The molecule has 0 aliphatic rings. The summed E-state index contributed by atoms with van der Waals surface area (Å²) in [5.41, 5.74) is 5.77. The molecule has 2 aromatic heterocycles. The number of rotatable bonds is 6. The molecule has 0 radical (unpaired) electrons. The SMILES string of the molecule is Cc1cccc(C)c1CNc1cc(C(=O)NCCO)cn2ccnc12. The first-order valence-electron chi connectivity index (χ1n) is 8.25. The number of pyridine rings is 1. The Bertz CT molecular complexity index is 881. The van der Waals surface area contributed by atoms with Crippen LogP contribution in [0.1, 0.15) is 27.0 Å². The zero-order valence-electron chi connectivity index (χ0n) is 14.4. The zero-order chi connectivity index (χ0) is 17.8. The Labute approximate surface area is 146 Å². The molecule has 0 atom stereocenters. The number of imidazole rings is 1. The lowest BCUT2D eigenvalue weighted by atomic mass is 10.0. The summed E-state index contributed by atoms with van der Waals surface area (Å²) in [4.78, 5) is 16.6. The lowest BCUT2D eigenvalue weighted by molar-refractivity contribution is 0.0944. The zero-order valence-corrected chi connectivity index (χ0v) is 14.4. The topological polar surface area (TPSA) is 78.7 Å². The van der Waals surface area contributed by atoms with Crippen LogP contribution in [0.15, 0.2) is 42.9 Å². The largest absolute Gasteiger partial charge is 0.395 e. The standard InChI is InChI=1S/C19H22N4O2/c1-13-4-3-5-14(2)16(13)11-22-17-10-15(19(25)21-7-9-24)12-23-8-6-20-18(17)23/h3-6,8,10,12,22,24H,7,9,11H2,1-2H3,(H,21,25). The number of carbonyl (C=O) groups is 1. The van der Waals surface area contributed by atoms with E-state index in [0.717, 1.165) is 11.3 Å². The number of nitrogens with one attached hydrogen (secondary N) is 2. The number of nitrogens with zero attached hydrogens (tertiary/aromatic N) is 2. The van der Waals surface area contributed by atoms with Gasteiger partial charge in [-0.3, -0.25) is 4.79 Å². The van der Waals surface area contributed by atoms with Crippen molar-refractivity contribution in [1.82, 2.24) is 14.7 Å². The third-order valence-electron chi connectivity index (χ3n) is 4.25. The van der Waals surface area contributed by atoms with Gasteiger partial charge in [-0.1, -0.05) is 18.2 Å². The van der Waals surface area contributed by atoms with Crippen LogP contribution in [0.4, 0.5) is 5.69 Å². The van der Waals surface area contributed by atoms with Crippen molar-refractivity contribution in [3.8, 4) is 0 Å². The molecule has 0 saturated heterocycles. The van der Waals surface area contributed by atoms with Crippen molar-refractivity contribution in [2.24, 2.45) is 0 Å². The Morgan fingerprint density at radius 2 is 2.04 bits per heavy atom. The second-order valence-electron chi connectivity index (χ2n) is 6.00. The molecule has 0 aliphatic carbocycles. The minimum absolute atomic E-state index is 0.0866. The van der Waals surface area contributed by atoms with Crippen molar-refractivity contribution in [3.05, 3.63) is 65.1 Å². The number of carbonyl (C=O) groups excluding carboxylic acids is 1. The molecule has 6 nitrogen and oxygen atoms in total. The van der Waals surface area contributed by atoms with E-state index in [4.69, 9.17) is 5.11 Å². The van der Waals surface area contributed by atoms with Gasteiger partial charge >= 0.3 is 0 Å². The lowest BCUT2D eigenvalue weighted by Crippen LogP contribution is -2.26. The van der Waals surface area contributed by atoms with E-state index in [1.165, 1.54) is 16.7 Å². The molecular weight excluding hydrogens is 316 g/mol. The van der Waals surface area contributed by atoms with Gasteiger partial charge in [-0.05, 0) is 36.6 Å². The van der Waals surface area contributed by atoms with E-state index in [1.807, 2.05) is 16.7 Å². The number of aromatic nitrogens is 2. The molecule has 0 bridgehead atoms. The van der Waals surface area contributed by atoms with Crippen molar-refractivity contribution in [2.45, 2.75) is 20.4 Å². The van der Waals surface area contributed by atoms with Crippen LogP contribution in [0.5, 0.6) is 0 Å². The molecule has 3 aromatic rings. The van der Waals surface area contributed by atoms with E-state index >= 15 is 0 Å². The van der Waals surface area contributed by atoms with Gasteiger partial charge in [-0.15, -0.1) is 0 Å². The molecule has 0 aliphatic heterocycles. The Kier molecular flexibility index (Phi) is 5.00. The van der Waals surface area contributed by atoms with Crippen molar-refractivity contribution in [1.29, 1.82) is 0 Å². The molecule has 0 unspecified atom stereocenters. The first-order chi connectivity index (χ1) is 12.1. The van der Waals surface area contributed by atoms with E-state index < -0.39 is 0 Å². The highest BCUT2D eigenvalue weighted by molar-refractivity contribution is 5.96. The number of hydrogen-bond acceptors (Lipinski definition) is 4. The molecular formula is C19H22N4O2. The summed E-state index contributed by atoms with van der Waals surface area (Å²) in [6, 6.07) is 8.03. The van der Waals surface area contributed by atoms with Crippen molar-refractivity contribution < 1.29 is 9.90 Å². The van der Waals surface area contributed by atoms with Crippen LogP contribution in [0.3, 0.4) is 0 Å². The minimum atomic E-state index is -0.222. The second kappa shape index (κ2) is 7.36. The van der Waals surface area contributed by atoms with Crippen LogP contribution < -0.4 is 10.6 Å². The smallest absolute Gasteiger partial charge is 0.252 e. The maximum atomic E-state index is 12.2. The molecule has 6 heteroatoms. The molecule has 130 valence electrons. The number of benzene rings is 1. The van der Waals surface area contributed by atoms with Gasteiger partial charge in [0.2, 0.25) is 0 Å². The van der Waals surface area contributed by atoms with Crippen molar-refractivity contribution >= 4 is 17.2 Å². The summed E-state index contributed by atoms with van der Waals surface area (Å²) < 4.78 is 1.82. The quantitative estimate of drug-likeness (QED) is 0.644. The number of amides is 1. The fourth-order valence-corrected chi connectivity index (χ4v) is 2.87. The van der Waals surface area contributed by atoms with Crippen LogP contribution in [0.25, 0.3) is 5.65 Å². The lowest BCUT2D eigenvalue weighted by Gasteiger charge is -2.14. The maximum Gasteiger partial charge on any atom is 0.252 e. The highest BCUT2D eigenvalue weighted by Gasteiger charge is 2.12. The van der Waals surface area contributed by atoms with Gasteiger partial charge in [0, 0.05) is 31.7 Å². The second-order valence-corrected chi connectivity index (χ2v) is 6.00. The maximum absolute atomic E-state index is 12.2. The number of hydrogen-bond donors (Lipinski definition) is 3. The number of fused-ring (bicyclic) bond motifs is 1. The fraction of sp³-hybridized carbons (Fsp3) is 0.263. The van der Waals surface area contributed by atoms with Crippen LogP contribution in [0.2, 0.25) is 0 Å². The normalized spacial score (nSPS) is 10.8. The molecule has 0 spiro atoms. The molecule has 0 fully saturated rings. The molecule has 3 rings (SSSR count). The van der Waals surface area contributed by atoms with Crippen LogP contribution >= 0.6 is 0 Å². The van der Waals surface area contributed by atoms with Gasteiger partial charge in [0.15, 0.2) is 5.65 Å². The molecule has 0 saturated carbocycles. The molecule has 2 heterocycles. The summed E-state index contributed by atoms with van der Waals surface area (Å²) >= 11 is 0. The van der Waals surface area contributed by atoms with Crippen molar-refractivity contribution in [3.63, 3.8) is 0 Å². The Morgan fingerprint density at radius 1 is 1.28 bits per heavy atom. The van der Waals surface area contributed by atoms with Gasteiger partial charge in [-0.2, -0.15) is 0 Å². The third-order valence-corrected chi connectivity index (χ3v) is 4.25. The molecule has 1 amide bonds. The number of aryl methyl sites for hydroxylation is 2. The minimum Gasteiger partial charge on any atom is -0.395 e. The number of aliphatic hydroxyl groups excluding tert-OH is 1. The highest BCUT2D eigenvalue weighted by Crippen LogP contribution is 2.21. The first-order valence-corrected chi connectivity index (χ1v) is 8.25. The van der Waals surface area contributed by atoms with Gasteiger partial charge in [-0.25, -0.2) is 4.98 Å². The van der Waals surface area contributed by atoms with E-state index in [-0.39, 0.29) is 19.1 Å². The summed E-state index contributed by atoms with van der Waals surface area (Å²) in [5, 5.41) is 15.0. The van der Waals surface area contributed by atoms with Gasteiger partial charge < -0.3 is 20.1 Å². The third kappa shape index (κ3) is 3.64. The predicted octanol–water partition coefficient (Wildman–Crippen LogP) is 2.29. The Hall–Kier alpha value is -2.86. The average molecular weight is 338 g/mol. The summed E-state index contributed by atoms with van der Waals surface area (Å²) in [5.74, 6) is -0.222. The molecule has 3 N–H and O–H groups in total. The molecule has 1 aromatic carbocycles. The highest BCUT2D eigenvalue weighted by atomic mass is 16.3. The Morgan fingerprint density at radius 3 is 2.76 bits per heavy atom. The monoisotopic (exact) mass is 338 g/mol. The predicted molar refractivity (Wildman–Crippen MR) is 97.9 cm³/mol. The van der Waals surface area contributed by atoms with Crippen LogP contribution in [-0.2, 0) is 6.54 Å². The van der Waals surface area contributed by atoms with Gasteiger partial charge in [0.1, 0.15) is 0 Å². The van der Waals surface area contributed by atoms with Crippen LogP contribution in [0, 0.1) is 13.8 Å². The van der Waals surface area contributed by atoms with Gasteiger partial charge in [0.05, 0.1) is 17.9 Å². The Balaban J connectivity index is 1.89. The van der Waals surface area contributed by atoms with E-state index in [9.17, 15) is 4.79 Å². The molecule has 25 heavy (non-hydrogen) atoms. The summed E-state index contributed by atoms with van der Waals surface area (Å²) in [6.45, 7) is 4.98. The number of anilines is 1. The van der Waals surface area contributed by atoms with Gasteiger partial charge in [0.25, 0.3) is 5.91 Å².